The van der Waals surface area contributed by atoms with Crippen molar-refractivity contribution in [3.05, 3.63) is 70.7 Å². The first-order valence-corrected chi connectivity index (χ1v) is 10.4. The molecule has 1 aromatic heterocycles. The van der Waals surface area contributed by atoms with E-state index in [9.17, 15) is 9.59 Å². The standard InChI is InChI=1S/C23H24N2O3S/c1-4-15(2)18-12-8-9-13-19(18)25-20(26)14-28-23(27)21-16(3)24-22(29-21)17-10-6-5-7-11-17/h5-13,15H,4,14H2,1-3H3,(H,25,26)/t15-/m1/s1. The molecule has 0 unspecified atom stereocenters. The Hall–Kier alpha value is -2.99. The molecule has 2 aromatic carbocycles. The number of nitrogens with zero attached hydrogens (tertiary/aromatic N) is 1. The highest BCUT2D eigenvalue weighted by molar-refractivity contribution is 7.17. The van der Waals surface area contributed by atoms with Crippen molar-refractivity contribution in [1.82, 2.24) is 4.98 Å². The Balaban J connectivity index is 1.63. The number of aromatic nitrogens is 1. The number of rotatable bonds is 7. The first kappa shape index (κ1) is 20.7. The van der Waals surface area contributed by atoms with Gasteiger partial charge in [-0.2, -0.15) is 0 Å². The van der Waals surface area contributed by atoms with Crippen LogP contribution in [0.25, 0.3) is 10.6 Å². The molecule has 0 aliphatic rings. The van der Waals surface area contributed by atoms with E-state index in [1.807, 2.05) is 54.6 Å². The van der Waals surface area contributed by atoms with Gasteiger partial charge in [-0.05, 0) is 30.9 Å². The Kier molecular flexibility index (Phi) is 6.77. The number of amides is 1. The number of aryl methyl sites for hydroxylation is 1. The van der Waals surface area contributed by atoms with E-state index in [1.54, 1.807) is 6.92 Å². The quantitative estimate of drug-likeness (QED) is 0.530. The maximum atomic E-state index is 12.5. The molecule has 0 bridgehead atoms. The van der Waals surface area contributed by atoms with Gasteiger partial charge >= 0.3 is 5.97 Å². The average Bonchev–Trinajstić information content (AvgIpc) is 3.14. The van der Waals surface area contributed by atoms with Crippen LogP contribution in [0.3, 0.4) is 0 Å². The summed E-state index contributed by atoms with van der Waals surface area (Å²) in [5, 5.41) is 3.60. The van der Waals surface area contributed by atoms with Crippen molar-refractivity contribution in [3.8, 4) is 10.6 Å². The fourth-order valence-corrected chi connectivity index (χ4v) is 3.90. The third kappa shape index (κ3) is 5.09. The SMILES string of the molecule is CC[C@@H](C)c1ccccc1NC(=O)COC(=O)c1sc(-c2ccccc2)nc1C. The van der Waals surface area contributed by atoms with E-state index in [0.29, 0.717) is 16.5 Å². The number of thiazole rings is 1. The predicted octanol–water partition coefficient (Wildman–Crippen LogP) is 5.43. The molecule has 0 saturated carbocycles. The summed E-state index contributed by atoms with van der Waals surface area (Å²) in [6.07, 6.45) is 0.969. The highest BCUT2D eigenvalue weighted by Crippen LogP contribution is 2.28. The van der Waals surface area contributed by atoms with Gasteiger partial charge in [-0.25, -0.2) is 9.78 Å². The molecule has 0 spiro atoms. The lowest BCUT2D eigenvalue weighted by atomic mass is 9.97. The van der Waals surface area contributed by atoms with E-state index in [-0.39, 0.29) is 12.5 Å². The lowest BCUT2D eigenvalue weighted by Crippen LogP contribution is -2.21. The second-order valence-electron chi connectivity index (χ2n) is 6.82. The molecule has 6 heteroatoms. The number of benzene rings is 2. The van der Waals surface area contributed by atoms with Crippen LogP contribution in [0, 0.1) is 6.92 Å². The Morgan fingerprint density at radius 2 is 1.79 bits per heavy atom. The molecular formula is C23H24N2O3S. The maximum absolute atomic E-state index is 12.5. The van der Waals surface area contributed by atoms with Crippen LogP contribution in [0.1, 0.15) is 47.1 Å². The maximum Gasteiger partial charge on any atom is 0.350 e. The van der Waals surface area contributed by atoms with E-state index >= 15 is 0 Å². The van der Waals surface area contributed by atoms with Gasteiger partial charge in [-0.1, -0.05) is 62.4 Å². The molecule has 150 valence electrons. The molecule has 1 atom stereocenters. The van der Waals surface area contributed by atoms with E-state index in [0.717, 1.165) is 28.2 Å². The molecule has 0 radical (unpaired) electrons. The number of carbonyl (C=O) groups is 2. The number of nitrogens with one attached hydrogen (secondary N) is 1. The molecule has 3 rings (SSSR count). The highest BCUT2D eigenvalue weighted by Gasteiger charge is 2.19. The molecule has 0 aliphatic heterocycles. The Bertz CT molecular complexity index is 998. The van der Waals surface area contributed by atoms with Crippen molar-refractivity contribution in [2.24, 2.45) is 0 Å². The first-order valence-electron chi connectivity index (χ1n) is 9.58. The Morgan fingerprint density at radius 3 is 2.52 bits per heavy atom. The van der Waals surface area contributed by atoms with Crippen LogP contribution >= 0.6 is 11.3 Å². The smallest absolute Gasteiger partial charge is 0.350 e. The lowest BCUT2D eigenvalue weighted by molar-refractivity contribution is -0.119. The largest absolute Gasteiger partial charge is 0.451 e. The Morgan fingerprint density at radius 1 is 1.10 bits per heavy atom. The minimum atomic E-state index is -0.535. The predicted molar refractivity (Wildman–Crippen MR) is 116 cm³/mol. The van der Waals surface area contributed by atoms with E-state index < -0.39 is 5.97 Å². The summed E-state index contributed by atoms with van der Waals surface area (Å²) in [6.45, 7) is 5.64. The summed E-state index contributed by atoms with van der Waals surface area (Å²) >= 11 is 1.27. The van der Waals surface area contributed by atoms with Crippen molar-refractivity contribution in [2.75, 3.05) is 11.9 Å². The van der Waals surface area contributed by atoms with Crippen LogP contribution in [0.5, 0.6) is 0 Å². The molecule has 0 fully saturated rings. The summed E-state index contributed by atoms with van der Waals surface area (Å²) in [6, 6.07) is 17.3. The number of ether oxygens (including phenoxy) is 1. The Labute approximate surface area is 174 Å². The zero-order valence-electron chi connectivity index (χ0n) is 16.8. The average molecular weight is 409 g/mol. The molecule has 0 aliphatic carbocycles. The van der Waals surface area contributed by atoms with E-state index in [1.165, 1.54) is 11.3 Å². The number of anilines is 1. The van der Waals surface area contributed by atoms with Crippen molar-refractivity contribution in [3.63, 3.8) is 0 Å². The third-order valence-electron chi connectivity index (χ3n) is 4.72. The molecule has 0 saturated heterocycles. The minimum absolute atomic E-state index is 0.324. The van der Waals surface area contributed by atoms with Gasteiger partial charge < -0.3 is 10.1 Å². The van der Waals surface area contributed by atoms with Crippen molar-refractivity contribution in [1.29, 1.82) is 0 Å². The van der Waals surface area contributed by atoms with Crippen LogP contribution in [-0.4, -0.2) is 23.5 Å². The number of carbonyl (C=O) groups excluding carboxylic acids is 2. The summed E-state index contributed by atoms with van der Waals surface area (Å²) < 4.78 is 5.24. The molecule has 3 aromatic rings. The summed E-state index contributed by atoms with van der Waals surface area (Å²) in [5.74, 6) is -0.572. The fraction of sp³-hybridized carbons (Fsp3) is 0.261. The molecule has 29 heavy (non-hydrogen) atoms. The third-order valence-corrected chi connectivity index (χ3v) is 5.90. The first-order chi connectivity index (χ1) is 14.0. The van der Waals surface area contributed by atoms with Gasteiger partial charge in [-0.3, -0.25) is 4.79 Å². The molecule has 1 heterocycles. The second-order valence-corrected chi connectivity index (χ2v) is 7.82. The van der Waals surface area contributed by atoms with Crippen LogP contribution in [0.4, 0.5) is 5.69 Å². The second kappa shape index (κ2) is 9.47. The normalized spacial score (nSPS) is 11.7. The molecule has 1 N–H and O–H groups in total. The van der Waals surface area contributed by atoms with Gasteiger partial charge in [0.05, 0.1) is 5.69 Å². The highest BCUT2D eigenvalue weighted by atomic mass is 32.1. The summed E-state index contributed by atoms with van der Waals surface area (Å²) in [4.78, 5) is 29.6. The molecular weight excluding hydrogens is 384 g/mol. The van der Waals surface area contributed by atoms with Gasteiger partial charge in [0, 0.05) is 11.3 Å². The van der Waals surface area contributed by atoms with Gasteiger partial charge in [-0.15, -0.1) is 11.3 Å². The van der Waals surface area contributed by atoms with E-state index in [2.05, 4.69) is 24.1 Å². The number of hydrogen-bond donors (Lipinski definition) is 1. The van der Waals surface area contributed by atoms with Crippen LogP contribution in [0.15, 0.2) is 54.6 Å². The van der Waals surface area contributed by atoms with Crippen molar-refractivity contribution in [2.45, 2.75) is 33.1 Å². The van der Waals surface area contributed by atoms with E-state index in [4.69, 9.17) is 4.74 Å². The zero-order chi connectivity index (χ0) is 20.8. The van der Waals surface area contributed by atoms with Gasteiger partial charge in [0.15, 0.2) is 6.61 Å². The fourth-order valence-electron chi connectivity index (χ4n) is 2.93. The summed E-state index contributed by atoms with van der Waals surface area (Å²) in [5.41, 5.74) is 3.36. The van der Waals surface area contributed by atoms with Crippen molar-refractivity contribution < 1.29 is 14.3 Å². The number of para-hydroxylation sites is 1. The topological polar surface area (TPSA) is 68.3 Å². The van der Waals surface area contributed by atoms with Crippen LogP contribution < -0.4 is 5.32 Å². The van der Waals surface area contributed by atoms with Crippen LogP contribution in [0.2, 0.25) is 0 Å². The minimum Gasteiger partial charge on any atom is -0.451 e. The number of hydrogen-bond acceptors (Lipinski definition) is 5. The van der Waals surface area contributed by atoms with Gasteiger partial charge in [0.1, 0.15) is 9.88 Å². The monoisotopic (exact) mass is 408 g/mol. The van der Waals surface area contributed by atoms with Crippen LogP contribution in [-0.2, 0) is 9.53 Å². The molecule has 1 amide bonds. The number of esters is 1. The van der Waals surface area contributed by atoms with Gasteiger partial charge in [0.2, 0.25) is 0 Å². The van der Waals surface area contributed by atoms with Gasteiger partial charge in [0.25, 0.3) is 5.91 Å². The molecule has 5 nitrogen and oxygen atoms in total. The van der Waals surface area contributed by atoms with Crippen molar-refractivity contribution >= 4 is 28.9 Å². The summed E-state index contributed by atoms with van der Waals surface area (Å²) in [7, 11) is 0. The zero-order valence-corrected chi connectivity index (χ0v) is 17.6. The lowest BCUT2D eigenvalue weighted by Gasteiger charge is -2.15.